The first-order valence-corrected chi connectivity index (χ1v) is 8.66. The zero-order valence-corrected chi connectivity index (χ0v) is 14.5. The maximum atomic E-state index is 12.2. The number of carbonyl (C=O) groups excluding carboxylic acids is 1. The first-order valence-electron chi connectivity index (χ1n) is 8.66. The van der Waals surface area contributed by atoms with Gasteiger partial charge in [0.15, 0.2) is 11.5 Å². The molecule has 0 saturated carbocycles. The quantitative estimate of drug-likeness (QED) is 0.572. The van der Waals surface area contributed by atoms with E-state index in [0.29, 0.717) is 11.5 Å². The summed E-state index contributed by atoms with van der Waals surface area (Å²) >= 11 is 0. The Kier molecular flexibility index (Phi) is 4.83. The minimum Gasteiger partial charge on any atom is -0.485 e. The number of carbonyl (C=O) groups is 1. The summed E-state index contributed by atoms with van der Waals surface area (Å²) in [7, 11) is 0. The molecule has 5 heteroatoms. The van der Waals surface area contributed by atoms with Crippen LogP contribution in [0, 0.1) is 0 Å². The summed E-state index contributed by atoms with van der Waals surface area (Å²) in [6.07, 6.45) is 0.877. The van der Waals surface area contributed by atoms with Crippen molar-refractivity contribution in [2.45, 2.75) is 6.10 Å². The van der Waals surface area contributed by atoms with E-state index in [-0.39, 0.29) is 12.5 Å². The van der Waals surface area contributed by atoms with Crippen molar-refractivity contribution >= 4 is 12.1 Å². The second kappa shape index (κ2) is 7.74. The molecule has 1 N–H and O–H groups in total. The largest absolute Gasteiger partial charge is 0.485 e. The van der Waals surface area contributed by atoms with E-state index in [2.05, 4.69) is 22.7 Å². The fourth-order valence-corrected chi connectivity index (χ4v) is 2.78. The Labute approximate surface area is 157 Å². The molecular formula is C22H18N2O3. The number of nitrogens with zero attached hydrogens (tertiary/aromatic N) is 1. The molecule has 3 aromatic carbocycles. The molecule has 1 atom stereocenters. The summed E-state index contributed by atoms with van der Waals surface area (Å²) in [5, 5.41) is 4.02. The number of fused-ring (bicyclic) bond motifs is 1. The molecule has 0 aliphatic carbocycles. The van der Waals surface area contributed by atoms with Crippen molar-refractivity contribution in [1.82, 2.24) is 5.43 Å². The van der Waals surface area contributed by atoms with E-state index in [4.69, 9.17) is 9.47 Å². The number of amides is 1. The first-order chi connectivity index (χ1) is 13.3. The number of benzene rings is 3. The molecule has 3 aromatic rings. The average Bonchev–Trinajstić information content (AvgIpc) is 2.74. The van der Waals surface area contributed by atoms with Crippen LogP contribution in [-0.4, -0.2) is 24.8 Å². The van der Waals surface area contributed by atoms with Gasteiger partial charge in [0.05, 0.1) is 6.21 Å². The van der Waals surface area contributed by atoms with Gasteiger partial charge in [-0.15, -0.1) is 0 Å². The number of nitrogens with one attached hydrogen (secondary N) is 1. The summed E-state index contributed by atoms with van der Waals surface area (Å²) < 4.78 is 11.2. The number of hydrogen-bond acceptors (Lipinski definition) is 4. The lowest BCUT2D eigenvalue weighted by Gasteiger charge is -2.24. The molecular weight excluding hydrogens is 340 g/mol. The van der Waals surface area contributed by atoms with Crippen LogP contribution in [0.5, 0.6) is 11.5 Å². The van der Waals surface area contributed by atoms with Crippen molar-refractivity contribution in [2.75, 3.05) is 6.61 Å². The average molecular weight is 358 g/mol. The van der Waals surface area contributed by atoms with Gasteiger partial charge in [-0.3, -0.25) is 4.79 Å². The van der Waals surface area contributed by atoms with Crippen LogP contribution >= 0.6 is 0 Å². The van der Waals surface area contributed by atoms with E-state index in [1.165, 1.54) is 0 Å². The molecule has 1 unspecified atom stereocenters. The Morgan fingerprint density at radius 3 is 2.33 bits per heavy atom. The van der Waals surface area contributed by atoms with E-state index in [1.54, 1.807) is 18.3 Å². The van der Waals surface area contributed by atoms with E-state index >= 15 is 0 Å². The van der Waals surface area contributed by atoms with Crippen LogP contribution in [0.1, 0.15) is 5.56 Å². The van der Waals surface area contributed by atoms with E-state index in [0.717, 1.165) is 16.7 Å². The topological polar surface area (TPSA) is 59.9 Å². The standard InChI is InChI=1S/C22H18N2O3/c25-22(21-15-26-19-8-4-5-9-20(19)27-21)24-23-14-16-10-12-18(13-11-16)17-6-2-1-3-7-17/h1-14,21H,15H2,(H,24,25). The maximum Gasteiger partial charge on any atom is 0.284 e. The third-order valence-corrected chi connectivity index (χ3v) is 4.21. The van der Waals surface area contributed by atoms with Crippen molar-refractivity contribution in [3.05, 3.63) is 84.4 Å². The molecule has 5 nitrogen and oxygen atoms in total. The van der Waals surface area contributed by atoms with Gasteiger partial charge in [-0.05, 0) is 28.8 Å². The van der Waals surface area contributed by atoms with Crippen LogP contribution in [0.2, 0.25) is 0 Å². The smallest absolute Gasteiger partial charge is 0.284 e. The summed E-state index contributed by atoms with van der Waals surface area (Å²) in [4.78, 5) is 12.2. The minimum atomic E-state index is -0.725. The Balaban J connectivity index is 1.35. The van der Waals surface area contributed by atoms with Crippen molar-refractivity contribution in [3.63, 3.8) is 0 Å². The van der Waals surface area contributed by atoms with Crippen LogP contribution < -0.4 is 14.9 Å². The highest BCUT2D eigenvalue weighted by molar-refractivity contribution is 5.85. The molecule has 0 radical (unpaired) electrons. The van der Waals surface area contributed by atoms with E-state index < -0.39 is 6.10 Å². The lowest BCUT2D eigenvalue weighted by Crippen LogP contribution is -2.42. The first kappa shape index (κ1) is 16.8. The molecule has 1 heterocycles. The number of rotatable bonds is 4. The molecule has 0 bridgehead atoms. The summed E-state index contributed by atoms with van der Waals surface area (Å²) in [5.41, 5.74) is 5.68. The number of ether oxygens (including phenoxy) is 2. The van der Waals surface area contributed by atoms with Crippen LogP contribution in [-0.2, 0) is 4.79 Å². The van der Waals surface area contributed by atoms with E-state index in [9.17, 15) is 4.79 Å². The number of para-hydroxylation sites is 2. The summed E-state index contributed by atoms with van der Waals surface area (Å²) in [6, 6.07) is 25.4. The van der Waals surface area contributed by atoms with Gasteiger partial charge in [0.2, 0.25) is 6.10 Å². The highest BCUT2D eigenvalue weighted by Crippen LogP contribution is 2.30. The van der Waals surface area contributed by atoms with Gasteiger partial charge in [-0.1, -0.05) is 66.7 Å². The lowest BCUT2D eigenvalue weighted by molar-refractivity contribution is -0.130. The monoisotopic (exact) mass is 358 g/mol. The molecule has 1 aliphatic rings. The minimum absolute atomic E-state index is 0.157. The number of hydrazone groups is 1. The molecule has 0 spiro atoms. The fourth-order valence-electron chi connectivity index (χ4n) is 2.78. The van der Waals surface area contributed by atoms with Gasteiger partial charge >= 0.3 is 0 Å². The molecule has 1 amide bonds. The van der Waals surface area contributed by atoms with Crippen molar-refractivity contribution in [1.29, 1.82) is 0 Å². The Morgan fingerprint density at radius 1 is 0.889 bits per heavy atom. The normalized spacial score (nSPS) is 15.5. The summed E-state index contributed by atoms with van der Waals surface area (Å²) in [5.74, 6) is 0.856. The molecule has 4 rings (SSSR count). The summed E-state index contributed by atoms with van der Waals surface area (Å²) in [6.45, 7) is 0.157. The SMILES string of the molecule is O=C(NN=Cc1ccc(-c2ccccc2)cc1)C1COc2ccccc2O1. The Hall–Kier alpha value is -3.60. The second-order valence-electron chi connectivity index (χ2n) is 6.09. The third-order valence-electron chi connectivity index (χ3n) is 4.21. The molecule has 0 aromatic heterocycles. The molecule has 1 aliphatic heterocycles. The van der Waals surface area contributed by atoms with Crippen molar-refractivity contribution in [3.8, 4) is 22.6 Å². The third kappa shape index (κ3) is 3.98. The van der Waals surface area contributed by atoms with Crippen LogP contribution in [0.25, 0.3) is 11.1 Å². The lowest BCUT2D eigenvalue weighted by atomic mass is 10.0. The zero-order chi connectivity index (χ0) is 18.5. The number of hydrogen-bond donors (Lipinski definition) is 1. The van der Waals surface area contributed by atoms with Gasteiger partial charge in [0.25, 0.3) is 5.91 Å². The second-order valence-corrected chi connectivity index (χ2v) is 6.09. The Morgan fingerprint density at radius 2 is 1.56 bits per heavy atom. The van der Waals surface area contributed by atoms with Gasteiger partial charge in [0, 0.05) is 0 Å². The van der Waals surface area contributed by atoms with Crippen LogP contribution in [0.15, 0.2) is 84.0 Å². The maximum absolute atomic E-state index is 12.2. The van der Waals surface area contributed by atoms with Gasteiger partial charge in [0.1, 0.15) is 6.61 Å². The van der Waals surface area contributed by atoms with Crippen LogP contribution in [0.4, 0.5) is 0 Å². The molecule has 27 heavy (non-hydrogen) atoms. The van der Waals surface area contributed by atoms with Crippen molar-refractivity contribution in [2.24, 2.45) is 5.10 Å². The van der Waals surface area contributed by atoms with Crippen molar-refractivity contribution < 1.29 is 14.3 Å². The molecule has 134 valence electrons. The predicted octanol–water partition coefficient (Wildman–Crippen LogP) is 3.64. The molecule has 0 saturated heterocycles. The highest BCUT2D eigenvalue weighted by Gasteiger charge is 2.26. The van der Waals surface area contributed by atoms with Crippen LogP contribution in [0.3, 0.4) is 0 Å². The van der Waals surface area contributed by atoms with Gasteiger partial charge in [-0.2, -0.15) is 5.10 Å². The highest BCUT2D eigenvalue weighted by atomic mass is 16.6. The van der Waals surface area contributed by atoms with Gasteiger partial charge in [-0.25, -0.2) is 5.43 Å². The van der Waals surface area contributed by atoms with Gasteiger partial charge < -0.3 is 9.47 Å². The fraction of sp³-hybridized carbons (Fsp3) is 0.0909. The predicted molar refractivity (Wildman–Crippen MR) is 104 cm³/mol. The zero-order valence-electron chi connectivity index (χ0n) is 14.5. The van der Waals surface area contributed by atoms with E-state index in [1.807, 2.05) is 54.6 Å². The molecule has 0 fully saturated rings. The Bertz CT molecular complexity index is 953.